The minimum atomic E-state index is 0.413. The van der Waals surface area contributed by atoms with E-state index in [1.165, 1.54) is 0 Å². The largest absolute Gasteiger partial charge is 0.440 e. The van der Waals surface area contributed by atoms with E-state index in [-0.39, 0.29) is 0 Å². The van der Waals surface area contributed by atoms with Crippen molar-refractivity contribution in [3.63, 3.8) is 0 Å². The lowest BCUT2D eigenvalue weighted by Gasteiger charge is -1.99. The number of hydrogen-bond acceptors (Lipinski definition) is 3. The SMILES string of the molecule is Clc1ccc2nc(C3CCNC3)oc2c1. The third-order valence-corrected chi connectivity index (χ3v) is 3.01. The van der Waals surface area contributed by atoms with Crippen LogP contribution in [-0.2, 0) is 0 Å². The summed E-state index contributed by atoms with van der Waals surface area (Å²) in [5.74, 6) is 1.24. The number of aromatic nitrogens is 1. The van der Waals surface area contributed by atoms with E-state index in [0.717, 1.165) is 36.5 Å². The predicted octanol–water partition coefficient (Wildman–Crippen LogP) is 2.56. The molecule has 1 fully saturated rings. The second-order valence-electron chi connectivity index (χ2n) is 3.85. The van der Waals surface area contributed by atoms with E-state index in [1.807, 2.05) is 18.2 Å². The number of rotatable bonds is 1. The van der Waals surface area contributed by atoms with Crippen LogP contribution in [0, 0.1) is 0 Å². The second-order valence-corrected chi connectivity index (χ2v) is 4.29. The minimum absolute atomic E-state index is 0.413. The first kappa shape index (κ1) is 9.19. The van der Waals surface area contributed by atoms with Crippen molar-refractivity contribution in [1.29, 1.82) is 0 Å². The number of fused-ring (bicyclic) bond motifs is 1. The lowest BCUT2D eigenvalue weighted by atomic mass is 10.1. The van der Waals surface area contributed by atoms with Gasteiger partial charge in [-0.25, -0.2) is 4.98 Å². The van der Waals surface area contributed by atoms with Gasteiger partial charge < -0.3 is 9.73 Å². The summed E-state index contributed by atoms with van der Waals surface area (Å²) in [6, 6.07) is 5.55. The molecule has 1 N–H and O–H groups in total. The summed E-state index contributed by atoms with van der Waals surface area (Å²) < 4.78 is 5.70. The lowest BCUT2D eigenvalue weighted by Crippen LogP contribution is -2.07. The summed E-state index contributed by atoms with van der Waals surface area (Å²) in [6.07, 6.45) is 1.10. The molecule has 78 valence electrons. The zero-order chi connectivity index (χ0) is 10.3. The Morgan fingerprint density at radius 2 is 2.40 bits per heavy atom. The molecule has 0 radical (unpaired) electrons. The van der Waals surface area contributed by atoms with Gasteiger partial charge in [-0.1, -0.05) is 11.6 Å². The first-order valence-electron chi connectivity index (χ1n) is 5.09. The Morgan fingerprint density at radius 1 is 1.47 bits per heavy atom. The van der Waals surface area contributed by atoms with E-state index in [9.17, 15) is 0 Å². The zero-order valence-electron chi connectivity index (χ0n) is 8.16. The van der Waals surface area contributed by atoms with E-state index in [2.05, 4.69) is 10.3 Å². The minimum Gasteiger partial charge on any atom is -0.440 e. The van der Waals surface area contributed by atoms with Gasteiger partial charge in [-0.2, -0.15) is 0 Å². The molecule has 1 saturated heterocycles. The molecule has 3 nitrogen and oxygen atoms in total. The molecule has 1 aliphatic heterocycles. The quantitative estimate of drug-likeness (QED) is 0.806. The third kappa shape index (κ3) is 1.62. The Bertz CT molecular complexity index is 488. The number of halogens is 1. The molecular formula is C11H11ClN2O. The van der Waals surface area contributed by atoms with E-state index in [1.54, 1.807) is 0 Å². The Labute approximate surface area is 92.4 Å². The van der Waals surface area contributed by atoms with Gasteiger partial charge in [-0.05, 0) is 25.1 Å². The summed E-state index contributed by atoms with van der Waals surface area (Å²) in [5, 5.41) is 3.99. The number of hydrogen-bond donors (Lipinski definition) is 1. The highest BCUT2D eigenvalue weighted by atomic mass is 35.5. The Balaban J connectivity index is 2.05. The molecule has 2 heterocycles. The number of oxazole rings is 1. The Hall–Kier alpha value is -1.06. The molecule has 2 aromatic rings. The van der Waals surface area contributed by atoms with Crippen LogP contribution in [0.1, 0.15) is 18.2 Å². The van der Waals surface area contributed by atoms with Gasteiger partial charge in [0.15, 0.2) is 11.5 Å². The van der Waals surface area contributed by atoms with Crippen molar-refractivity contribution >= 4 is 22.7 Å². The van der Waals surface area contributed by atoms with Crippen molar-refractivity contribution in [2.24, 2.45) is 0 Å². The highest BCUT2D eigenvalue weighted by Gasteiger charge is 2.21. The highest BCUT2D eigenvalue weighted by molar-refractivity contribution is 6.31. The third-order valence-electron chi connectivity index (χ3n) is 2.78. The molecule has 1 aliphatic rings. The van der Waals surface area contributed by atoms with Crippen molar-refractivity contribution in [2.45, 2.75) is 12.3 Å². The van der Waals surface area contributed by atoms with Gasteiger partial charge in [0.05, 0.1) is 0 Å². The van der Waals surface area contributed by atoms with Crippen LogP contribution in [0.15, 0.2) is 22.6 Å². The number of nitrogens with one attached hydrogen (secondary N) is 1. The van der Waals surface area contributed by atoms with E-state index >= 15 is 0 Å². The second kappa shape index (κ2) is 3.51. The normalized spacial score (nSPS) is 21.3. The first-order chi connectivity index (χ1) is 7.33. The molecule has 3 rings (SSSR count). The van der Waals surface area contributed by atoms with Gasteiger partial charge in [0.2, 0.25) is 0 Å². The van der Waals surface area contributed by atoms with Crippen LogP contribution in [-0.4, -0.2) is 18.1 Å². The predicted molar refractivity (Wildman–Crippen MR) is 59.2 cm³/mol. The maximum absolute atomic E-state index is 5.89. The van der Waals surface area contributed by atoms with Crippen LogP contribution in [0.4, 0.5) is 0 Å². The van der Waals surface area contributed by atoms with Crippen LogP contribution in [0.2, 0.25) is 5.02 Å². The summed E-state index contributed by atoms with van der Waals surface area (Å²) in [5.41, 5.74) is 1.67. The molecule has 0 saturated carbocycles. The molecule has 4 heteroatoms. The average molecular weight is 223 g/mol. The Kier molecular flexibility index (Phi) is 2.15. The van der Waals surface area contributed by atoms with Crippen LogP contribution in [0.3, 0.4) is 0 Å². The summed E-state index contributed by atoms with van der Waals surface area (Å²) in [6.45, 7) is 2.00. The molecule has 0 amide bonds. The first-order valence-corrected chi connectivity index (χ1v) is 5.47. The van der Waals surface area contributed by atoms with Crippen molar-refractivity contribution in [2.75, 3.05) is 13.1 Å². The standard InChI is InChI=1S/C11H11ClN2O/c12-8-1-2-9-10(5-8)15-11(14-9)7-3-4-13-6-7/h1-2,5,7,13H,3-4,6H2. The van der Waals surface area contributed by atoms with Crippen molar-refractivity contribution in [3.8, 4) is 0 Å². The number of nitrogens with zero attached hydrogens (tertiary/aromatic N) is 1. The smallest absolute Gasteiger partial charge is 0.199 e. The summed E-state index contributed by atoms with van der Waals surface area (Å²) in [7, 11) is 0. The molecule has 0 spiro atoms. The molecular weight excluding hydrogens is 212 g/mol. The fourth-order valence-corrected chi connectivity index (χ4v) is 2.12. The molecule has 1 atom stereocenters. The van der Waals surface area contributed by atoms with Gasteiger partial charge in [-0.3, -0.25) is 0 Å². The maximum atomic E-state index is 5.89. The fourth-order valence-electron chi connectivity index (χ4n) is 1.96. The van der Waals surface area contributed by atoms with Crippen LogP contribution in [0.25, 0.3) is 11.1 Å². The fraction of sp³-hybridized carbons (Fsp3) is 0.364. The molecule has 1 unspecified atom stereocenters. The zero-order valence-corrected chi connectivity index (χ0v) is 8.92. The highest BCUT2D eigenvalue weighted by Crippen LogP contribution is 2.27. The van der Waals surface area contributed by atoms with E-state index in [4.69, 9.17) is 16.0 Å². The summed E-state index contributed by atoms with van der Waals surface area (Å²) in [4.78, 5) is 4.47. The molecule has 15 heavy (non-hydrogen) atoms. The van der Waals surface area contributed by atoms with Crippen LogP contribution >= 0.6 is 11.6 Å². The monoisotopic (exact) mass is 222 g/mol. The lowest BCUT2D eigenvalue weighted by molar-refractivity contribution is 0.485. The van der Waals surface area contributed by atoms with Gasteiger partial charge in [0.25, 0.3) is 0 Å². The van der Waals surface area contributed by atoms with Gasteiger partial charge >= 0.3 is 0 Å². The van der Waals surface area contributed by atoms with Gasteiger partial charge in [0, 0.05) is 23.6 Å². The van der Waals surface area contributed by atoms with E-state index in [0.29, 0.717) is 10.9 Å². The van der Waals surface area contributed by atoms with Gasteiger partial charge in [0.1, 0.15) is 5.52 Å². The molecule has 0 bridgehead atoms. The molecule has 0 aliphatic carbocycles. The van der Waals surface area contributed by atoms with Crippen molar-refractivity contribution < 1.29 is 4.42 Å². The number of benzene rings is 1. The van der Waals surface area contributed by atoms with E-state index < -0.39 is 0 Å². The Morgan fingerprint density at radius 3 is 3.20 bits per heavy atom. The molecule has 1 aromatic carbocycles. The summed E-state index contributed by atoms with van der Waals surface area (Å²) >= 11 is 5.89. The van der Waals surface area contributed by atoms with Crippen LogP contribution < -0.4 is 5.32 Å². The van der Waals surface area contributed by atoms with Gasteiger partial charge in [-0.15, -0.1) is 0 Å². The topological polar surface area (TPSA) is 38.1 Å². The van der Waals surface area contributed by atoms with Crippen molar-refractivity contribution in [1.82, 2.24) is 10.3 Å². The maximum Gasteiger partial charge on any atom is 0.199 e. The van der Waals surface area contributed by atoms with Crippen LogP contribution in [0.5, 0.6) is 0 Å². The average Bonchev–Trinajstić information content (AvgIpc) is 2.84. The van der Waals surface area contributed by atoms with Crippen molar-refractivity contribution in [3.05, 3.63) is 29.1 Å². The molecule has 1 aromatic heterocycles.